The lowest BCUT2D eigenvalue weighted by atomic mass is 10.0. The Bertz CT molecular complexity index is 2180. The van der Waals surface area contributed by atoms with E-state index < -0.39 is 131 Å². The topological polar surface area (TPSA) is 289 Å². The Kier molecular flexibility index (Phi) is 16.9. The number of aliphatic carboxylic acids is 2. The Morgan fingerprint density at radius 3 is 1.77 bits per heavy atom. The third kappa shape index (κ3) is 14.7. The van der Waals surface area contributed by atoms with Gasteiger partial charge in [0.05, 0.1) is 18.4 Å². The minimum Gasteiger partial charge on any atom is -0.481 e. The molecule has 0 unspecified atom stereocenters. The van der Waals surface area contributed by atoms with Crippen LogP contribution >= 0.6 is 0 Å². The van der Waals surface area contributed by atoms with Crippen molar-refractivity contribution >= 4 is 64.2 Å². The van der Waals surface area contributed by atoms with Crippen LogP contribution in [0.4, 0.5) is 23.7 Å². The lowest BCUT2D eigenvalue weighted by Crippen LogP contribution is -2.60. The maximum Gasteiger partial charge on any atom is 0.417 e. The van der Waals surface area contributed by atoms with Crippen LogP contribution in [0.5, 0.6) is 0 Å². The highest BCUT2D eigenvalue weighted by Gasteiger charge is 2.36. The smallest absolute Gasteiger partial charge is 0.417 e. The number of carboxylic acid groups (broad SMARTS) is 2. The van der Waals surface area contributed by atoms with Crippen LogP contribution in [0.15, 0.2) is 63.8 Å². The lowest BCUT2D eigenvalue weighted by Gasteiger charge is -2.28. The molecular formula is C39H45F3N6O13. The van der Waals surface area contributed by atoms with Crippen molar-refractivity contribution in [2.45, 2.75) is 90.5 Å². The number of rotatable bonds is 19. The summed E-state index contributed by atoms with van der Waals surface area (Å²) >= 11 is 0. The van der Waals surface area contributed by atoms with E-state index >= 15 is 0 Å². The maximum atomic E-state index is 13.5. The van der Waals surface area contributed by atoms with Gasteiger partial charge in [-0.05, 0) is 36.5 Å². The number of carboxylic acids is 2. The molecule has 22 heteroatoms. The second kappa shape index (κ2) is 21.3. The van der Waals surface area contributed by atoms with Crippen LogP contribution in [0.25, 0.3) is 11.0 Å². The zero-order chi connectivity index (χ0) is 45.8. The molecule has 0 aliphatic carbocycles. The van der Waals surface area contributed by atoms with E-state index in [1.807, 2.05) is 0 Å². The average molecular weight is 863 g/mol. The average Bonchev–Trinajstić information content (AvgIpc) is 3.16. The molecule has 0 saturated heterocycles. The largest absolute Gasteiger partial charge is 0.481 e. The highest BCUT2D eigenvalue weighted by atomic mass is 19.4. The normalized spacial score (nSPS) is 13.8. The number of anilines is 1. The van der Waals surface area contributed by atoms with Gasteiger partial charge in [-0.2, -0.15) is 13.2 Å². The first kappa shape index (κ1) is 48.4. The molecule has 0 bridgehead atoms. The van der Waals surface area contributed by atoms with E-state index in [1.54, 1.807) is 44.2 Å². The zero-order valence-electron chi connectivity index (χ0n) is 33.4. The van der Waals surface area contributed by atoms with Gasteiger partial charge in [0.25, 0.3) is 0 Å². The van der Waals surface area contributed by atoms with E-state index in [-0.39, 0.29) is 18.4 Å². The van der Waals surface area contributed by atoms with E-state index in [0.29, 0.717) is 5.56 Å². The predicted molar refractivity (Wildman–Crippen MR) is 207 cm³/mol. The standard InChI is InChI=1S/C39H45F3N6O13/c1-18(2)31(47-35(56)26(16-29(51)52)46-37(58)32(19(3)4)48-38(59)60-17-21-9-7-6-8-10-21)36(57)43-20(5)33(54)45-25(15-28(49)50)34(55)44-22-11-12-23-24(39(40,41)42)14-30(53)61-27(23)13-22/h6-14,18-20,25-26,31-32H,15-17H2,1-5H3,(H,43,57)(H,44,55)(H,45,54)(H,46,58)(H,47,56)(H,48,59)(H,49,50)(H,51,52)/t20-,25-,26-,31-,32-/m0/s1. The van der Waals surface area contributed by atoms with Crippen LogP contribution in [-0.4, -0.2) is 88.0 Å². The minimum absolute atomic E-state index is 0.116. The van der Waals surface area contributed by atoms with Crippen molar-refractivity contribution < 1.29 is 70.9 Å². The van der Waals surface area contributed by atoms with Crippen LogP contribution in [0.3, 0.4) is 0 Å². The molecule has 8 N–H and O–H groups in total. The Hall–Kier alpha value is -7.00. The number of carbonyl (C=O) groups excluding carboxylic acids is 6. The maximum absolute atomic E-state index is 13.5. The van der Waals surface area contributed by atoms with Crippen LogP contribution < -0.4 is 37.5 Å². The van der Waals surface area contributed by atoms with Gasteiger partial charge in [-0.1, -0.05) is 58.0 Å². The third-order valence-electron chi connectivity index (χ3n) is 8.78. The fourth-order valence-electron chi connectivity index (χ4n) is 5.61. The molecule has 1 heterocycles. The third-order valence-corrected chi connectivity index (χ3v) is 8.78. The second-order valence-corrected chi connectivity index (χ2v) is 14.4. The number of nitrogens with one attached hydrogen (secondary N) is 6. The molecule has 3 aromatic rings. The Morgan fingerprint density at radius 1 is 0.672 bits per heavy atom. The highest BCUT2D eigenvalue weighted by Crippen LogP contribution is 2.34. The van der Waals surface area contributed by atoms with Crippen molar-refractivity contribution in [3.63, 3.8) is 0 Å². The molecule has 2 aromatic carbocycles. The van der Waals surface area contributed by atoms with Crippen molar-refractivity contribution in [2.24, 2.45) is 11.8 Å². The van der Waals surface area contributed by atoms with Gasteiger partial charge in [-0.15, -0.1) is 0 Å². The summed E-state index contributed by atoms with van der Waals surface area (Å²) < 4.78 is 50.4. The molecule has 330 valence electrons. The van der Waals surface area contributed by atoms with Crippen LogP contribution in [0, 0.1) is 11.8 Å². The van der Waals surface area contributed by atoms with E-state index in [0.717, 1.165) is 25.1 Å². The van der Waals surface area contributed by atoms with Crippen molar-refractivity contribution in [1.82, 2.24) is 26.6 Å². The Balaban J connectivity index is 1.69. The van der Waals surface area contributed by atoms with Crippen molar-refractivity contribution in [3.05, 3.63) is 76.1 Å². The summed E-state index contributed by atoms with van der Waals surface area (Å²) in [6, 6.07) is 3.91. The molecule has 19 nitrogen and oxygen atoms in total. The monoisotopic (exact) mass is 862 g/mol. The fourth-order valence-corrected chi connectivity index (χ4v) is 5.61. The molecule has 1 aromatic heterocycles. The number of fused-ring (bicyclic) bond motifs is 1. The minimum atomic E-state index is -4.92. The molecule has 5 atom stereocenters. The van der Waals surface area contributed by atoms with Gasteiger partial charge in [0.1, 0.15) is 42.4 Å². The van der Waals surface area contributed by atoms with Gasteiger partial charge in [0.2, 0.25) is 29.5 Å². The molecular weight excluding hydrogens is 817 g/mol. The van der Waals surface area contributed by atoms with Crippen LogP contribution in [-0.2, 0) is 51.1 Å². The first-order valence-corrected chi connectivity index (χ1v) is 18.5. The molecule has 0 spiro atoms. The SMILES string of the molecule is CC(C)[C@H](NC(=O)OCc1ccccc1)C(=O)N[C@@H](CC(=O)O)C(=O)N[C@H](C(=O)N[C@@H](C)C(=O)N[C@@H](CC(=O)O)C(=O)Nc1ccc2c(C(F)(F)F)cc(=O)oc2c1)C(C)C. The van der Waals surface area contributed by atoms with Crippen molar-refractivity contribution in [2.75, 3.05) is 5.32 Å². The van der Waals surface area contributed by atoms with E-state index in [1.165, 1.54) is 13.8 Å². The van der Waals surface area contributed by atoms with Crippen LogP contribution in [0.1, 0.15) is 58.6 Å². The molecule has 61 heavy (non-hydrogen) atoms. The second-order valence-electron chi connectivity index (χ2n) is 14.4. The van der Waals surface area contributed by atoms with Crippen LogP contribution in [0.2, 0.25) is 0 Å². The summed E-state index contributed by atoms with van der Waals surface area (Å²) in [4.78, 5) is 114. The quantitative estimate of drug-likeness (QED) is 0.0804. The zero-order valence-corrected chi connectivity index (χ0v) is 33.4. The van der Waals surface area contributed by atoms with Crippen molar-refractivity contribution in [1.29, 1.82) is 0 Å². The van der Waals surface area contributed by atoms with Gasteiger partial charge in [0.15, 0.2) is 0 Å². The van der Waals surface area contributed by atoms with Crippen molar-refractivity contribution in [3.8, 4) is 0 Å². The Morgan fingerprint density at radius 2 is 1.21 bits per heavy atom. The summed E-state index contributed by atoms with van der Waals surface area (Å²) in [5.41, 5.74) is -2.73. The number of alkyl halides is 3. The summed E-state index contributed by atoms with van der Waals surface area (Å²) in [6.07, 6.45) is -7.82. The number of amides is 6. The number of alkyl carbamates (subject to hydrolysis) is 1. The molecule has 0 aliphatic rings. The number of ether oxygens (including phenoxy) is 1. The summed E-state index contributed by atoms with van der Waals surface area (Å²) in [5.74, 6) is -9.62. The summed E-state index contributed by atoms with van der Waals surface area (Å²) in [6.45, 7) is 7.18. The molecule has 0 saturated carbocycles. The fraction of sp³-hybridized carbons (Fsp3) is 0.410. The van der Waals surface area contributed by atoms with E-state index in [4.69, 9.17) is 9.15 Å². The van der Waals surface area contributed by atoms with E-state index in [9.17, 15) is 66.5 Å². The predicted octanol–water partition coefficient (Wildman–Crippen LogP) is 2.27. The molecule has 3 rings (SSSR count). The first-order chi connectivity index (χ1) is 28.5. The number of halogens is 3. The molecule has 0 radical (unpaired) electrons. The highest BCUT2D eigenvalue weighted by molar-refractivity contribution is 6.01. The van der Waals surface area contributed by atoms with E-state index in [2.05, 4.69) is 31.9 Å². The first-order valence-electron chi connectivity index (χ1n) is 18.5. The molecule has 0 aliphatic heterocycles. The Labute approximate surface area is 345 Å². The number of hydrogen-bond donors (Lipinski definition) is 8. The van der Waals surface area contributed by atoms with Gasteiger partial charge < -0.3 is 51.3 Å². The summed E-state index contributed by atoms with van der Waals surface area (Å²) in [5, 5.41) is 32.2. The number of carbonyl (C=O) groups is 8. The van der Waals surface area contributed by atoms with Gasteiger partial charge in [-0.25, -0.2) is 9.59 Å². The van der Waals surface area contributed by atoms with Gasteiger partial charge >= 0.3 is 29.8 Å². The molecule has 6 amide bonds. The lowest BCUT2D eigenvalue weighted by molar-refractivity contribution is -0.142. The summed E-state index contributed by atoms with van der Waals surface area (Å²) in [7, 11) is 0. The van der Waals surface area contributed by atoms with Gasteiger partial charge in [0, 0.05) is 23.2 Å². The number of benzene rings is 2. The number of hydrogen-bond acceptors (Lipinski definition) is 11. The van der Waals surface area contributed by atoms with Gasteiger partial charge in [-0.3, -0.25) is 33.6 Å². The molecule has 0 fully saturated rings.